The number of halogens is 2. The molecule has 16 heavy (non-hydrogen) atoms. The highest BCUT2D eigenvalue weighted by molar-refractivity contribution is 6.30. The molecule has 0 saturated carbocycles. The molecule has 1 N–H and O–H groups in total. The van der Waals surface area contributed by atoms with Gasteiger partial charge in [0.05, 0.1) is 5.02 Å². The lowest BCUT2D eigenvalue weighted by Crippen LogP contribution is -2.22. The summed E-state index contributed by atoms with van der Waals surface area (Å²) >= 11 is 5.62. The Kier molecular flexibility index (Phi) is 5.74. The predicted molar refractivity (Wildman–Crippen MR) is 66.3 cm³/mol. The molecule has 0 unspecified atom stereocenters. The average molecular weight is 245 g/mol. The summed E-state index contributed by atoms with van der Waals surface area (Å²) in [7, 11) is 3.97. The standard InChI is InChI=1S/C12H18ClFN2/c1-15-6-3-7-16(2)9-10-4-5-11(13)12(14)8-10/h4-5,8,15H,3,6-7,9H2,1-2H3. The number of nitrogens with zero attached hydrogens (tertiary/aromatic N) is 1. The van der Waals surface area contributed by atoms with Crippen LogP contribution in [0.15, 0.2) is 18.2 Å². The maximum Gasteiger partial charge on any atom is 0.142 e. The second kappa shape index (κ2) is 6.84. The molecule has 0 bridgehead atoms. The minimum absolute atomic E-state index is 0.182. The molecule has 0 aliphatic heterocycles. The van der Waals surface area contributed by atoms with E-state index < -0.39 is 0 Å². The third-order valence-corrected chi connectivity index (χ3v) is 2.71. The zero-order valence-corrected chi connectivity index (χ0v) is 10.5. The van der Waals surface area contributed by atoms with Crippen LogP contribution in [0.25, 0.3) is 0 Å². The van der Waals surface area contributed by atoms with Gasteiger partial charge in [0.1, 0.15) is 5.82 Å². The van der Waals surface area contributed by atoms with Gasteiger partial charge in [-0.15, -0.1) is 0 Å². The van der Waals surface area contributed by atoms with Gasteiger partial charge < -0.3 is 10.2 Å². The summed E-state index contributed by atoms with van der Waals surface area (Å²) in [4.78, 5) is 2.17. The van der Waals surface area contributed by atoms with Crippen LogP contribution in [0.1, 0.15) is 12.0 Å². The largest absolute Gasteiger partial charge is 0.320 e. The van der Waals surface area contributed by atoms with Gasteiger partial charge in [0.15, 0.2) is 0 Å². The Hall–Kier alpha value is -0.640. The fourth-order valence-corrected chi connectivity index (χ4v) is 1.67. The van der Waals surface area contributed by atoms with Crippen molar-refractivity contribution in [2.75, 3.05) is 27.2 Å². The van der Waals surface area contributed by atoms with Gasteiger partial charge in [-0.05, 0) is 51.3 Å². The van der Waals surface area contributed by atoms with E-state index in [0.29, 0.717) is 0 Å². The van der Waals surface area contributed by atoms with Gasteiger partial charge >= 0.3 is 0 Å². The lowest BCUT2D eigenvalue weighted by Gasteiger charge is -2.16. The predicted octanol–water partition coefficient (Wildman–Crippen LogP) is 2.52. The van der Waals surface area contributed by atoms with E-state index in [4.69, 9.17) is 11.6 Å². The van der Waals surface area contributed by atoms with Crippen molar-refractivity contribution < 1.29 is 4.39 Å². The quantitative estimate of drug-likeness (QED) is 0.774. The summed E-state index contributed by atoms with van der Waals surface area (Å²) in [6, 6.07) is 4.96. The molecular weight excluding hydrogens is 227 g/mol. The first-order valence-electron chi connectivity index (χ1n) is 5.40. The smallest absolute Gasteiger partial charge is 0.142 e. The van der Waals surface area contributed by atoms with E-state index in [2.05, 4.69) is 10.2 Å². The molecular formula is C12H18ClFN2. The van der Waals surface area contributed by atoms with Crippen LogP contribution in [0.2, 0.25) is 5.02 Å². The molecule has 1 rings (SSSR count). The number of benzene rings is 1. The normalized spacial score (nSPS) is 11.1. The summed E-state index contributed by atoms with van der Waals surface area (Å²) in [5.41, 5.74) is 0.953. The topological polar surface area (TPSA) is 15.3 Å². The molecule has 4 heteroatoms. The zero-order valence-electron chi connectivity index (χ0n) is 9.76. The van der Waals surface area contributed by atoms with Gasteiger partial charge in [0.2, 0.25) is 0 Å². The van der Waals surface area contributed by atoms with Crippen LogP contribution < -0.4 is 5.32 Å². The van der Waals surface area contributed by atoms with E-state index in [9.17, 15) is 4.39 Å². The maximum atomic E-state index is 13.2. The molecule has 1 aromatic carbocycles. The van der Waals surface area contributed by atoms with E-state index in [-0.39, 0.29) is 10.8 Å². The van der Waals surface area contributed by atoms with Gasteiger partial charge in [-0.2, -0.15) is 0 Å². The minimum atomic E-state index is -0.345. The first-order valence-corrected chi connectivity index (χ1v) is 5.78. The van der Waals surface area contributed by atoms with Crippen LogP contribution in [0.3, 0.4) is 0 Å². The lowest BCUT2D eigenvalue weighted by molar-refractivity contribution is 0.320. The van der Waals surface area contributed by atoms with Crippen LogP contribution in [-0.2, 0) is 6.54 Å². The van der Waals surface area contributed by atoms with Crippen LogP contribution in [-0.4, -0.2) is 32.1 Å². The molecule has 2 nitrogen and oxygen atoms in total. The highest BCUT2D eigenvalue weighted by Gasteiger charge is 2.03. The molecule has 0 fully saturated rings. The van der Waals surface area contributed by atoms with Crippen molar-refractivity contribution in [2.24, 2.45) is 0 Å². The molecule has 0 aromatic heterocycles. The number of hydrogen-bond acceptors (Lipinski definition) is 2. The number of nitrogens with one attached hydrogen (secondary N) is 1. The SMILES string of the molecule is CNCCCN(C)Cc1ccc(Cl)c(F)c1. The van der Waals surface area contributed by atoms with Crippen LogP contribution in [0.4, 0.5) is 4.39 Å². The summed E-state index contributed by atoms with van der Waals surface area (Å²) in [5, 5.41) is 3.28. The second-order valence-electron chi connectivity index (χ2n) is 3.94. The van der Waals surface area contributed by atoms with E-state index in [0.717, 1.165) is 31.6 Å². The molecule has 1 aromatic rings. The molecule has 0 atom stereocenters. The Morgan fingerprint density at radius 2 is 2.19 bits per heavy atom. The summed E-state index contributed by atoms with van der Waals surface area (Å²) < 4.78 is 13.2. The van der Waals surface area contributed by atoms with Gasteiger partial charge in [-0.25, -0.2) is 4.39 Å². The molecule has 0 radical (unpaired) electrons. The molecule has 0 aliphatic carbocycles. The van der Waals surface area contributed by atoms with E-state index in [1.54, 1.807) is 6.07 Å². The highest BCUT2D eigenvalue weighted by atomic mass is 35.5. The third-order valence-electron chi connectivity index (χ3n) is 2.40. The Bertz CT molecular complexity index is 331. The fraction of sp³-hybridized carbons (Fsp3) is 0.500. The highest BCUT2D eigenvalue weighted by Crippen LogP contribution is 2.16. The maximum absolute atomic E-state index is 13.2. The van der Waals surface area contributed by atoms with Gasteiger partial charge in [-0.1, -0.05) is 17.7 Å². The van der Waals surface area contributed by atoms with Crippen molar-refractivity contribution in [1.82, 2.24) is 10.2 Å². The second-order valence-corrected chi connectivity index (χ2v) is 4.35. The molecule has 0 amide bonds. The summed E-state index contributed by atoms with van der Waals surface area (Å²) in [5.74, 6) is -0.345. The van der Waals surface area contributed by atoms with Crippen molar-refractivity contribution in [1.29, 1.82) is 0 Å². The average Bonchev–Trinajstić information content (AvgIpc) is 2.24. The van der Waals surface area contributed by atoms with Crippen LogP contribution in [0, 0.1) is 5.82 Å². The third kappa shape index (κ3) is 4.47. The molecule has 0 spiro atoms. The van der Waals surface area contributed by atoms with E-state index in [1.165, 1.54) is 6.07 Å². The summed E-state index contributed by atoms with van der Waals surface area (Å²) in [6.07, 6.45) is 1.09. The first kappa shape index (κ1) is 13.4. The van der Waals surface area contributed by atoms with E-state index >= 15 is 0 Å². The first-order chi connectivity index (χ1) is 7.63. The molecule has 90 valence electrons. The molecule has 0 saturated heterocycles. The van der Waals surface area contributed by atoms with Crippen molar-refractivity contribution in [3.8, 4) is 0 Å². The minimum Gasteiger partial charge on any atom is -0.320 e. The molecule has 0 aliphatic rings. The molecule has 0 heterocycles. The fourth-order valence-electron chi connectivity index (χ4n) is 1.55. The monoisotopic (exact) mass is 244 g/mol. The van der Waals surface area contributed by atoms with Crippen molar-refractivity contribution >= 4 is 11.6 Å². The van der Waals surface area contributed by atoms with Crippen molar-refractivity contribution in [2.45, 2.75) is 13.0 Å². The Balaban J connectivity index is 2.43. The van der Waals surface area contributed by atoms with Crippen molar-refractivity contribution in [3.05, 3.63) is 34.6 Å². The van der Waals surface area contributed by atoms with Crippen LogP contribution >= 0.6 is 11.6 Å². The van der Waals surface area contributed by atoms with Crippen molar-refractivity contribution in [3.63, 3.8) is 0 Å². The Morgan fingerprint density at radius 3 is 2.81 bits per heavy atom. The van der Waals surface area contributed by atoms with E-state index in [1.807, 2.05) is 20.2 Å². The lowest BCUT2D eigenvalue weighted by atomic mass is 10.2. The van der Waals surface area contributed by atoms with Gasteiger partial charge in [0.25, 0.3) is 0 Å². The number of hydrogen-bond donors (Lipinski definition) is 1. The Labute approximate surface area is 101 Å². The zero-order chi connectivity index (χ0) is 12.0. The summed E-state index contributed by atoms with van der Waals surface area (Å²) in [6.45, 7) is 2.74. The van der Waals surface area contributed by atoms with Gasteiger partial charge in [-0.3, -0.25) is 0 Å². The van der Waals surface area contributed by atoms with Gasteiger partial charge in [0, 0.05) is 6.54 Å². The Morgan fingerprint density at radius 1 is 1.44 bits per heavy atom. The van der Waals surface area contributed by atoms with Crippen LogP contribution in [0.5, 0.6) is 0 Å². The number of rotatable bonds is 6.